The summed E-state index contributed by atoms with van der Waals surface area (Å²) < 4.78 is 10.2. The van der Waals surface area contributed by atoms with Gasteiger partial charge in [-0.1, -0.05) is 18.2 Å². The van der Waals surface area contributed by atoms with E-state index < -0.39 is 0 Å². The molecule has 0 aromatic heterocycles. The molecule has 0 spiro atoms. The molecule has 0 fully saturated rings. The maximum Gasteiger partial charge on any atom is 0.308 e. The van der Waals surface area contributed by atoms with Gasteiger partial charge < -0.3 is 14.8 Å². The highest BCUT2D eigenvalue weighted by Crippen LogP contribution is 2.19. The Morgan fingerprint density at radius 2 is 1.85 bits per heavy atom. The third-order valence-electron chi connectivity index (χ3n) is 2.75. The number of benzene rings is 2. The Balaban J connectivity index is 1.97. The number of carbonyl (C=O) groups is 1. The van der Waals surface area contributed by atoms with E-state index in [0.717, 1.165) is 17.0 Å². The number of anilines is 1. The molecule has 0 saturated carbocycles. The second-order valence-corrected chi connectivity index (χ2v) is 4.32. The van der Waals surface area contributed by atoms with Gasteiger partial charge in [0.15, 0.2) is 0 Å². The van der Waals surface area contributed by atoms with Crippen molar-refractivity contribution in [3.63, 3.8) is 0 Å². The predicted octanol–water partition coefficient (Wildman–Crippen LogP) is 3.23. The molecular formula is C16H17NO3. The normalized spacial score (nSPS) is 9.90. The second-order valence-electron chi connectivity index (χ2n) is 4.32. The molecule has 4 nitrogen and oxygen atoms in total. The van der Waals surface area contributed by atoms with Crippen LogP contribution in [-0.4, -0.2) is 13.1 Å². The molecule has 0 aliphatic heterocycles. The van der Waals surface area contributed by atoms with Crippen LogP contribution in [0.3, 0.4) is 0 Å². The van der Waals surface area contributed by atoms with E-state index in [0.29, 0.717) is 12.3 Å². The summed E-state index contributed by atoms with van der Waals surface area (Å²) in [6.07, 6.45) is 0. The first-order valence-electron chi connectivity index (χ1n) is 6.32. The summed E-state index contributed by atoms with van der Waals surface area (Å²) in [6, 6.07) is 15.2. The molecular weight excluding hydrogens is 254 g/mol. The van der Waals surface area contributed by atoms with Crippen LogP contribution in [0.4, 0.5) is 5.69 Å². The highest BCUT2D eigenvalue weighted by atomic mass is 16.5. The van der Waals surface area contributed by atoms with Crippen LogP contribution in [0.1, 0.15) is 12.5 Å². The second kappa shape index (κ2) is 6.61. The van der Waals surface area contributed by atoms with Crippen LogP contribution >= 0.6 is 0 Å². The van der Waals surface area contributed by atoms with Crippen molar-refractivity contribution < 1.29 is 14.3 Å². The van der Waals surface area contributed by atoms with Crippen LogP contribution in [0.2, 0.25) is 0 Å². The van der Waals surface area contributed by atoms with Crippen LogP contribution in [0.25, 0.3) is 0 Å². The fraction of sp³-hybridized carbons (Fsp3) is 0.188. The van der Waals surface area contributed by atoms with E-state index >= 15 is 0 Å². The molecule has 0 aliphatic rings. The Kier molecular flexibility index (Phi) is 4.60. The van der Waals surface area contributed by atoms with Gasteiger partial charge >= 0.3 is 5.97 Å². The lowest BCUT2D eigenvalue weighted by Crippen LogP contribution is -2.03. The fourth-order valence-corrected chi connectivity index (χ4v) is 1.78. The molecule has 0 unspecified atom stereocenters. The molecule has 0 heterocycles. The van der Waals surface area contributed by atoms with E-state index in [1.54, 1.807) is 19.2 Å². The van der Waals surface area contributed by atoms with E-state index in [1.807, 2.05) is 36.4 Å². The molecule has 1 N–H and O–H groups in total. The maximum atomic E-state index is 10.9. The summed E-state index contributed by atoms with van der Waals surface area (Å²) in [4.78, 5) is 10.9. The van der Waals surface area contributed by atoms with Gasteiger partial charge in [0.2, 0.25) is 0 Å². The van der Waals surface area contributed by atoms with Crippen LogP contribution in [0.5, 0.6) is 11.5 Å². The number of esters is 1. The molecule has 2 aromatic carbocycles. The van der Waals surface area contributed by atoms with Crippen molar-refractivity contribution in [1.82, 2.24) is 0 Å². The Morgan fingerprint density at radius 3 is 2.50 bits per heavy atom. The first kappa shape index (κ1) is 13.9. The van der Waals surface area contributed by atoms with Gasteiger partial charge in [0.05, 0.1) is 7.11 Å². The van der Waals surface area contributed by atoms with Gasteiger partial charge in [-0.3, -0.25) is 4.79 Å². The summed E-state index contributed by atoms with van der Waals surface area (Å²) in [7, 11) is 1.65. The number of hydrogen-bond donors (Lipinski definition) is 1. The average Bonchev–Trinajstić information content (AvgIpc) is 2.45. The monoisotopic (exact) mass is 271 g/mol. The van der Waals surface area contributed by atoms with E-state index in [2.05, 4.69) is 5.32 Å². The summed E-state index contributed by atoms with van der Waals surface area (Å²) in [5, 5.41) is 3.28. The number of methoxy groups -OCH3 is 1. The van der Waals surface area contributed by atoms with Crippen molar-refractivity contribution in [2.45, 2.75) is 13.5 Å². The minimum Gasteiger partial charge on any atom is -0.497 e. The quantitative estimate of drug-likeness (QED) is 0.670. The van der Waals surface area contributed by atoms with Gasteiger partial charge in [-0.25, -0.2) is 0 Å². The van der Waals surface area contributed by atoms with Crippen LogP contribution in [0, 0.1) is 0 Å². The third-order valence-corrected chi connectivity index (χ3v) is 2.75. The minimum absolute atomic E-state index is 0.322. The Bertz CT molecular complexity index is 579. The predicted molar refractivity (Wildman–Crippen MR) is 78.1 cm³/mol. The SMILES string of the molecule is COc1ccc(CNc2cccc(OC(C)=O)c2)cc1. The van der Waals surface area contributed by atoms with Crippen molar-refractivity contribution in [2.75, 3.05) is 12.4 Å². The van der Waals surface area contributed by atoms with E-state index in [1.165, 1.54) is 6.92 Å². The first-order valence-corrected chi connectivity index (χ1v) is 6.32. The van der Waals surface area contributed by atoms with Crippen LogP contribution in [0.15, 0.2) is 48.5 Å². The van der Waals surface area contributed by atoms with Crippen LogP contribution < -0.4 is 14.8 Å². The number of ether oxygens (including phenoxy) is 2. The topological polar surface area (TPSA) is 47.6 Å². The van der Waals surface area contributed by atoms with Crippen molar-refractivity contribution in [3.05, 3.63) is 54.1 Å². The zero-order valence-electron chi connectivity index (χ0n) is 11.6. The summed E-state index contributed by atoms with van der Waals surface area (Å²) in [6.45, 7) is 2.07. The Hall–Kier alpha value is -2.49. The molecule has 0 bridgehead atoms. The van der Waals surface area contributed by atoms with Crippen LogP contribution in [-0.2, 0) is 11.3 Å². The van der Waals surface area contributed by atoms with Gasteiger partial charge in [0, 0.05) is 25.2 Å². The Morgan fingerprint density at radius 1 is 1.10 bits per heavy atom. The van der Waals surface area contributed by atoms with Crippen molar-refractivity contribution >= 4 is 11.7 Å². The highest BCUT2D eigenvalue weighted by Gasteiger charge is 2.00. The van der Waals surface area contributed by atoms with Gasteiger partial charge in [0.1, 0.15) is 11.5 Å². The van der Waals surface area contributed by atoms with Gasteiger partial charge in [-0.2, -0.15) is 0 Å². The standard InChI is InChI=1S/C16H17NO3/c1-12(18)20-16-5-3-4-14(10-16)17-11-13-6-8-15(19-2)9-7-13/h3-10,17H,11H2,1-2H3. The number of carbonyl (C=O) groups excluding carboxylic acids is 1. The molecule has 104 valence electrons. The van der Waals surface area contributed by atoms with Crippen molar-refractivity contribution in [2.24, 2.45) is 0 Å². The fourth-order valence-electron chi connectivity index (χ4n) is 1.78. The molecule has 0 aliphatic carbocycles. The molecule has 2 aromatic rings. The first-order chi connectivity index (χ1) is 9.67. The van der Waals surface area contributed by atoms with E-state index in [-0.39, 0.29) is 5.97 Å². The number of rotatable bonds is 5. The molecule has 0 saturated heterocycles. The third kappa shape index (κ3) is 4.02. The maximum absolute atomic E-state index is 10.9. The largest absolute Gasteiger partial charge is 0.497 e. The average molecular weight is 271 g/mol. The summed E-state index contributed by atoms with van der Waals surface area (Å²) in [5.41, 5.74) is 2.04. The van der Waals surface area contributed by atoms with Gasteiger partial charge in [0.25, 0.3) is 0 Å². The number of nitrogens with one attached hydrogen (secondary N) is 1. The summed E-state index contributed by atoms with van der Waals surface area (Å²) in [5.74, 6) is 1.06. The zero-order chi connectivity index (χ0) is 14.4. The highest BCUT2D eigenvalue weighted by molar-refractivity contribution is 5.69. The molecule has 2 rings (SSSR count). The van der Waals surface area contributed by atoms with Gasteiger partial charge in [-0.05, 0) is 29.8 Å². The zero-order valence-corrected chi connectivity index (χ0v) is 11.6. The Labute approximate surface area is 118 Å². The molecule has 20 heavy (non-hydrogen) atoms. The molecule has 4 heteroatoms. The van der Waals surface area contributed by atoms with Crippen molar-refractivity contribution in [3.8, 4) is 11.5 Å². The van der Waals surface area contributed by atoms with Crippen molar-refractivity contribution in [1.29, 1.82) is 0 Å². The molecule has 0 atom stereocenters. The van der Waals surface area contributed by atoms with Gasteiger partial charge in [-0.15, -0.1) is 0 Å². The molecule has 0 radical (unpaired) electrons. The number of hydrogen-bond acceptors (Lipinski definition) is 4. The summed E-state index contributed by atoms with van der Waals surface area (Å²) >= 11 is 0. The van der Waals surface area contributed by atoms with E-state index in [9.17, 15) is 4.79 Å². The minimum atomic E-state index is -0.322. The lowest BCUT2D eigenvalue weighted by Gasteiger charge is -2.09. The smallest absolute Gasteiger partial charge is 0.308 e. The molecule has 0 amide bonds. The lowest BCUT2D eigenvalue weighted by atomic mass is 10.2. The van der Waals surface area contributed by atoms with E-state index in [4.69, 9.17) is 9.47 Å². The lowest BCUT2D eigenvalue weighted by molar-refractivity contribution is -0.131.